The largest absolute Gasteiger partial charge is 0.462 e. The number of amides is 4. The Kier molecular flexibility index (Phi) is 6.48. The zero-order valence-electron chi connectivity index (χ0n) is 11.2. The summed E-state index contributed by atoms with van der Waals surface area (Å²) in [5.74, 6) is 0. The third kappa shape index (κ3) is 4.86. The lowest BCUT2D eigenvalue weighted by molar-refractivity contribution is 0.157. The van der Waals surface area contributed by atoms with E-state index in [1.54, 1.807) is 13.8 Å². The van der Waals surface area contributed by atoms with Crippen LogP contribution in [0.4, 0.5) is 9.59 Å². The number of carbonyl (C=O) groups excluding carboxylic acids is 2. The summed E-state index contributed by atoms with van der Waals surface area (Å²) >= 11 is 0. The molecule has 7 heteroatoms. The number of nitrogens with one attached hydrogen (secondary N) is 2. The molecular formula is C11H20N4O3. The second kappa shape index (κ2) is 7.31. The van der Waals surface area contributed by atoms with E-state index < -0.39 is 18.1 Å². The van der Waals surface area contributed by atoms with Gasteiger partial charge in [-0.3, -0.25) is 5.41 Å². The predicted octanol–water partition coefficient (Wildman–Crippen LogP) is 1.23. The predicted molar refractivity (Wildman–Crippen MR) is 68.5 cm³/mol. The van der Waals surface area contributed by atoms with Gasteiger partial charge >= 0.3 is 18.1 Å². The molecule has 0 heterocycles. The van der Waals surface area contributed by atoms with E-state index >= 15 is 0 Å². The number of carbonyl (C=O) groups is 2. The average Bonchev–Trinajstić information content (AvgIpc) is 2.25. The Morgan fingerprint density at radius 2 is 2.00 bits per heavy atom. The van der Waals surface area contributed by atoms with Crippen LogP contribution in [-0.4, -0.2) is 54.6 Å². The van der Waals surface area contributed by atoms with Gasteiger partial charge in [-0.25, -0.2) is 9.59 Å². The van der Waals surface area contributed by atoms with Gasteiger partial charge in [0.25, 0.3) is 0 Å². The summed E-state index contributed by atoms with van der Waals surface area (Å²) in [6, 6.07) is -1.88. The standard InChI is InChI=1S/C11H20N4O3/c1-6-7-13-10(16)15(11(17)14(4)5)9(12)18-8(2)3/h6,8,12H,1,7H2,2-5H3,(H,13,16). The third-order valence-electron chi connectivity index (χ3n) is 1.73. The molecule has 0 aliphatic rings. The molecule has 0 saturated heterocycles. The lowest BCUT2D eigenvalue weighted by Gasteiger charge is -2.25. The van der Waals surface area contributed by atoms with Gasteiger partial charge in [-0.15, -0.1) is 6.58 Å². The van der Waals surface area contributed by atoms with Crippen LogP contribution in [0.1, 0.15) is 13.8 Å². The molecular weight excluding hydrogens is 236 g/mol. The number of imide groups is 1. The van der Waals surface area contributed by atoms with Crippen LogP contribution < -0.4 is 5.32 Å². The summed E-state index contributed by atoms with van der Waals surface area (Å²) in [5.41, 5.74) is 0. The van der Waals surface area contributed by atoms with Crippen molar-refractivity contribution in [2.75, 3.05) is 20.6 Å². The molecule has 0 unspecified atom stereocenters. The summed E-state index contributed by atoms with van der Waals surface area (Å²) in [7, 11) is 2.97. The molecule has 102 valence electrons. The molecule has 0 aliphatic heterocycles. The highest BCUT2D eigenvalue weighted by molar-refractivity contribution is 6.08. The van der Waals surface area contributed by atoms with Crippen molar-refractivity contribution in [2.45, 2.75) is 20.0 Å². The van der Waals surface area contributed by atoms with Crippen molar-refractivity contribution >= 4 is 18.1 Å². The third-order valence-corrected chi connectivity index (χ3v) is 1.73. The highest BCUT2D eigenvalue weighted by Crippen LogP contribution is 2.02. The number of amidine groups is 1. The van der Waals surface area contributed by atoms with Gasteiger partial charge < -0.3 is 15.0 Å². The zero-order valence-corrected chi connectivity index (χ0v) is 11.2. The molecule has 7 nitrogen and oxygen atoms in total. The van der Waals surface area contributed by atoms with Gasteiger partial charge in [0.15, 0.2) is 0 Å². The van der Waals surface area contributed by atoms with Crippen LogP contribution >= 0.6 is 0 Å². The first-order valence-electron chi connectivity index (χ1n) is 5.46. The maximum absolute atomic E-state index is 11.8. The van der Waals surface area contributed by atoms with E-state index in [1.807, 2.05) is 0 Å². The number of rotatable bonds is 3. The van der Waals surface area contributed by atoms with E-state index in [0.717, 1.165) is 0 Å². The minimum atomic E-state index is -0.723. The van der Waals surface area contributed by atoms with Crippen LogP contribution in [0.15, 0.2) is 12.7 Å². The Hall–Kier alpha value is -2.05. The molecule has 0 fully saturated rings. The van der Waals surface area contributed by atoms with Crippen LogP contribution in [0.3, 0.4) is 0 Å². The van der Waals surface area contributed by atoms with Crippen LogP contribution in [0, 0.1) is 5.41 Å². The molecule has 0 spiro atoms. The highest BCUT2D eigenvalue weighted by Gasteiger charge is 2.29. The van der Waals surface area contributed by atoms with Crippen molar-refractivity contribution in [1.82, 2.24) is 15.1 Å². The van der Waals surface area contributed by atoms with Gasteiger partial charge in [-0.1, -0.05) is 6.08 Å². The van der Waals surface area contributed by atoms with Gasteiger partial charge in [-0.05, 0) is 13.8 Å². The fourth-order valence-corrected chi connectivity index (χ4v) is 0.980. The number of ether oxygens (including phenoxy) is 1. The second-order valence-electron chi connectivity index (χ2n) is 3.96. The van der Waals surface area contributed by atoms with E-state index in [0.29, 0.717) is 4.90 Å². The van der Waals surface area contributed by atoms with Gasteiger partial charge in [0.1, 0.15) is 0 Å². The second-order valence-corrected chi connectivity index (χ2v) is 3.96. The monoisotopic (exact) mass is 256 g/mol. The molecule has 0 bridgehead atoms. The van der Waals surface area contributed by atoms with Crippen molar-refractivity contribution < 1.29 is 14.3 Å². The molecule has 4 amide bonds. The molecule has 18 heavy (non-hydrogen) atoms. The topological polar surface area (TPSA) is 85.7 Å². The molecule has 0 aromatic rings. The fraction of sp³-hybridized carbons (Fsp3) is 0.545. The number of urea groups is 2. The molecule has 0 aliphatic carbocycles. The van der Waals surface area contributed by atoms with Crippen LogP contribution in [0.25, 0.3) is 0 Å². The summed E-state index contributed by atoms with van der Waals surface area (Å²) in [4.78, 5) is 25.4. The Bertz CT molecular complexity index is 339. The van der Waals surface area contributed by atoms with Crippen LogP contribution in [-0.2, 0) is 4.74 Å². The van der Waals surface area contributed by atoms with Crippen molar-refractivity contribution in [3.63, 3.8) is 0 Å². The molecule has 0 atom stereocenters. The Balaban J connectivity index is 4.93. The molecule has 0 rings (SSSR count). The fourth-order valence-electron chi connectivity index (χ4n) is 0.980. The molecule has 0 saturated carbocycles. The van der Waals surface area contributed by atoms with Crippen LogP contribution in [0.2, 0.25) is 0 Å². The molecule has 0 aromatic carbocycles. The Labute approximate surface area is 107 Å². The van der Waals surface area contributed by atoms with Crippen molar-refractivity contribution in [2.24, 2.45) is 0 Å². The SMILES string of the molecule is C=CCNC(=O)N(C(=N)OC(C)C)C(=O)N(C)C. The number of nitrogens with zero attached hydrogens (tertiary/aromatic N) is 2. The van der Waals surface area contributed by atoms with Gasteiger partial charge in [0.2, 0.25) is 0 Å². The zero-order chi connectivity index (χ0) is 14.3. The van der Waals surface area contributed by atoms with E-state index in [1.165, 1.54) is 25.1 Å². The summed E-state index contributed by atoms with van der Waals surface area (Å²) in [6.45, 7) is 7.06. The maximum Gasteiger partial charge on any atom is 0.336 e. The summed E-state index contributed by atoms with van der Waals surface area (Å²) in [5, 5.41) is 10.1. The van der Waals surface area contributed by atoms with Gasteiger partial charge in [0.05, 0.1) is 6.10 Å². The first-order valence-corrected chi connectivity index (χ1v) is 5.46. The Morgan fingerprint density at radius 1 is 1.44 bits per heavy atom. The van der Waals surface area contributed by atoms with Crippen molar-refractivity contribution in [3.8, 4) is 0 Å². The van der Waals surface area contributed by atoms with E-state index in [4.69, 9.17) is 10.1 Å². The highest BCUT2D eigenvalue weighted by atomic mass is 16.5. The van der Waals surface area contributed by atoms with Crippen molar-refractivity contribution in [3.05, 3.63) is 12.7 Å². The smallest absolute Gasteiger partial charge is 0.336 e. The van der Waals surface area contributed by atoms with Gasteiger partial charge in [0, 0.05) is 20.6 Å². The van der Waals surface area contributed by atoms with Crippen LogP contribution in [0.5, 0.6) is 0 Å². The molecule has 2 N–H and O–H groups in total. The first kappa shape index (κ1) is 16.0. The van der Waals surface area contributed by atoms with E-state index in [2.05, 4.69) is 11.9 Å². The first-order chi connectivity index (χ1) is 8.31. The maximum atomic E-state index is 11.8. The minimum absolute atomic E-state index is 0.199. The van der Waals surface area contributed by atoms with E-state index in [-0.39, 0.29) is 12.6 Å². The van der Waals surface area contributed by atoms with Crippen molar-refractivity contribution in [1.29, 1.82) is 5.41 Å². The number of hydrogen-bond donors (Lipinski definition) is 2. The molecule has 0 radical (unpaired) electrons. The summed E-state index contributed by atoms with van der Waals surface area (Å²) < 4.78 is 5.06. The van der Waals surface area contributed by atoms with E-state index in [9.17, 15) is 9.59 Å². The summed E-state index contributed by atoms with van der Waals surface area (Å²) in [6.07, 6.45) is 1.17. The normalized spacial score (nSPS) is 9.61. The lowest BCUT2D eigenvalue weighted by atomic mass is 10.5. The van der Waals surface area contributed by atoms with Gasteiger partial charge in [-0.2, -0.15) is 4.90 Å². The minimum Gasteiger partial charge on any atom is -0.462 e. The quantitative estimate of drug-likeness (QED) is 0.452. The molecule has 0 aromatic heterocycles. The Morgan fingerprint density at radius 3 is 2.39 bits per heavy atom. The number of hydrogen-bond acceptors (Lipinski definition) is 4. The average molecular weight is 256 g/mol. The lowest BCUT2D eigenvalue weighted by Crippen LogP contribution is -2.52.